The lowest BCUT2D eigenvalue weighted by atomic mass is 10.2. The predicted octanol–water partition coefficient (Wildman–Crippen LogP) is 0.929. The number of aryl methyl sites for hydroxylation is 1. The summed E-state index contributed by atoms with van der Waals surface area (Å²) in [6.45, 7) is 2.64. The van der Waals surface area contributed by atoms with Crippen molar-refractivity contribution in [2.75, 3.05) is 24.5 Å². The van der Waals surface area contributed by atoms with Gasteiger partial charge in [-0.1, -0.05) is 5.16 Å². The molecule has 0 radical (unpaired) electrons. The molecule has 2 aromatic heterocycles. The maximum atomic E-state index is 12.2. The minimum absolute atomic E-state index is 0.0321. The fourth-order valence-electron chi connectivity index (χ4n) is 2.03. The number of aromatic nitrogens is 2. The fraction of sp³-hybridized carbons (Fsp3) is 0.333. The van der Waals surface area contributed by atoms with Crippen LogP contribution >= 0.6 is 11.3 Å². The number of carbonyl (C=O) groups is 2. The minimum Gasteiger partial charge on any atom is -0.361 e. The Hall–Kier alpha value is -2.22. The normalized spacial score (nSPS) is 15.8. The second-order valence-electron chi connectivity index (χ2n) is 4.41. The summed E-state index contributed by atoms with van der Waals surface area (Å²) in [6.07, 6.45) is 1.66. The van der Waals surface area contributed by atoms with Crippen LogP contribution < -0.4 is 4.90 Å². The van der Waals surface area contributed by atoms with Gasteiger partial charge in [0.1, 0.15) is 12.3 Å². The van der Waals surface area contributed by atoms with Gasteiger partial charge in [0.05, 0.1) is 0 Å². The van der Waals surface area contributed by atoms with Gasteiger partial charge in [0.2, 0.25) is 5.91 Å². The summed E-state index contributed by atoms with van der Waals surface area (Å²) in [4.78, 5) is 31.5. The van der Waals surface area contributed by atoms with Crippen LogP contribution in [-0.4, -0.2) is 46.5 Å². The molecule has 20 heavy (non-hydrogen) atoms. The van der Waals surface area contributed by atoms with Gasteiger partial charge in [-0.15, -0.1) is 11.3 Å². The molecule has 0 unspecified atom stereocenters. The third-order valence-corrected chi connectivity index (χ3v) is 3.80. The molecule has 0 aliphatic carbocycles. The summed E-state index contributed by atoms with van der Waals surface area (Å²) in [5.41, 5.74) is 0.234. The van der Waals surface area contributed by atoms with Gasteiger partial charge in [-0.25, -0.2) is 4.98 Å². The highest BCUT2D eigenvalue weighted by Gasteiger charge is 2.30. The zero-order valence-corrected chi connectivity index (χ0v) is 11.6. The van der Waals surface area contributed by atoms with E-state index >= 15 is 0 Å². The van der Waals surface area contributed by atoms with E-state index in [4.69, 9.17) is 4.52 Å². The third kappa shape index (κ3) is 2.29. The number of hydrogen-bond donors (Lipinski definition) is 0. The van der Waals surface area contributed by atoms with Crippen LogP contribution in [0.3, 0.4) is 0 Å². The molecule has 7 nitrogen and oxygen atoms in total. The first-order valence-corrected chi connectivity index (χ1v) is 6.95. The molecule has 0 spiro atoms. The zero-order chi connectivity index (χ0) is 14.1. The van der Waals surface area contributed by atoms with Gasteiger partial charge in [0.25, 0.3) is 5.91 Å². The number of anilines is 1. The van der Waals surface area contributed by atoms with Crippen molar-refractivity contribution in [3.8, 4) is 0 Å². The standard InChI is InChI=1S/C12H12N4O3S/c1-8-6-9(14-19-8)11(18)15-3-4-16(10(17)7-15)12-13-2-5-20-12/h2,5-6H,3-4,7H2,1H3. The van der Waals surface area contributed by atoms with Crippen LogP contribution in [0.4, 0.5) is 5.13 Å². The lowest BCUT2D eigenvalue weighted by molar-refractivity contribution is -0.120. The zero-order valence-electron chi connectivity index (χ0n) is 10.8. The number of nitrogens with zero attached hydrogens (tertiary/aromatic N) is 4. The van der Waals surface area contributed by atoms with Crippen LogP contribution in [0.25, 0.3) is 0 Å². The largest absolute Gasteiger partial charge is 0.361 e. The second-order valence-corrected chi connectivity index (χ2v) is 5.28. The van der Waals surface area contributed by atoms with Gasteiger partial charge in [0, 0.05) is 30.7 Å². The molecule has 1 saturated heterocycles. The van der Waals surface area contributed by atoms with Crippen LogP contribution in [0.2, 0.25) is 0 Å². The van der Waals surface area contributed by atoms with E-state index in [9.17, 15) is 9.59 Å². The Labute approximate surface area is 118 Å². The lowest BCUT2D eigenvalue weighted by Gasteiger charge is -2.32. The Kier molecular flexibility index (Phi) is 3.23. The summed E-state index contributed by atoms with van der Waals surface area (Å²) in [6, 6.07) is 1.57. The van der Waals surface area contributed by atoms with Crippen molar-refractivity contribution < 1.29 is 14.1 Å². The Morgan fingerprint density at radius 2 is 2.30 bits per heavy atom. The van der Waals surface area contributed by atoms with Crippen molar-refractivity contribution in [2.45, 2.75) is 6.92 Å². The second kappa shape index (κ2) is 5.04. The van der Waals surface area contributed by atoms with Crippen molar-refractivity contribution in [3.63, 3.8) is 0 Å². The highest BCUT2D eigenvalue weighted by Crippen LogP contribution is 2.20. The topological polar surface area (TPSA) is 79.5 Å². The van der Waals surface area contributed by atoms with Crippen LogP contribution in [0.15, 0.2) is 22.2 Å². The summed E-state index contributed by atoms with van der Waals surface area (Å²) in [7, 11) is 0. The molecule has 3 rings (SSSR count). The molecular formula is C12H12N4O3S. The first-order valence-electron chi connectivity index (χ1n) is 6.07. The Balaban J connectivity index is 1.71. The maximum Gasteiger partial charge on any atom is 0.276 e. The summed E-state index contributed by atoms with van der Waals surface area (Å²) < 4.78 is 4.88. The van der Waals surface area contributed by atoms with Gasteiger partial charge in [-0.05, 0) is 6.92 Å². The van der Waals surface area contributed by atoms with E-state index in [1.807, 2.05) is 5.38 Å². The molecule has 0 bridgehead atoms. The van der Waals surface area contributed by atoms with Gasteiger partial charge >= 0.3 is 0 Å². The van der Waals surface area contributed by atoms with Crippen LogP contribution in [0.1, 0.15) is 16.2 Å². The van der Waals surface area contributed by atoms with Gasteiger partial charge < -0.3 is 9.42 Å². The summed E-state index contributed by atoms with van der Waals surface area (Å²) in [5.74, 6) is 0.148. The number of rotatable bonds is 2. The number of hydrogen-bond acceptors (Lipinski definition) is 6. The first kappa shape index (κ1) is 12.8. The summed E-state index contributed by atoms with van der Waals surface area (Å²) in [5, 5.41) is 6.17. The average molecular weight is 292 g/mol. The molecule has 1 fully saturated rings. The van der Waals surface area contributed by atoms with Crippen LogP contribution in [-0.2, 0) is 4.79 Å². The molecule has 1 aliphatic rings. The molecule has 8 heteroatoms. The van der Waals surface area contributed by atoms with Crippen molar-refractivity contribution in [2.24, 2.45) is 0 Å². The predicted molar refractivity (Wildman–Crippen MR) is 71.6 cm³/mol. The third-order valence-electron chi connectivity index (χ3n) is 3.01. The molecule has 2 aromatic rings. The molecule has 1 aliphatic heterocycles. The lowest BCUT2D eigenvalue weighted by Crippen LogP contribution is -2.52. The molecule has 104 valence electrons. The number of thiazole rings is 1. The van der Waals surface area contributed by atoms with Crippen LogP contribution in [0, 0.1) is 6.92 Å². The smallest absolute Gasteiger partial charge is 0.276 e. The fourth-order valence-corrected chi connectivity index (χ4v) is 2.71. The molecule has 0 N–H and O–H groups in total. The Morgan fingerprint density at radius 1 is 1.45 bits per heavy atom. The van der Waals surface area contributed by atoms with Crippen molar-refractivity contribution >= 4 is 28.3 Å². The molecule has 3 heterocycles. The highest BCUT2D eigenvalue weighted by atomic mass is 32.1. The Bertz CT molecular complexity index is 637. The van der Waals surface area contributed by atoms with Gasteiger partial charge in [-0.2, -0.15) is 0 Å². The molecule has 2 amide bonds. The van der Waals surface area contributed by atoms with E-state index in [0.29, 0.717) is 24.0 Å². The van der Waals surface area contributed by atoms with Gasteiger partial charge in [0.15, 0.2) is 10.8 Å². The average Bonchev–Trinajstić information content (AvgIpc) is 3.09. The van der Waals surface area contributed by atoms with Crippen molar-refractivity contribution in [1.29, 1.82) is 0 Å². The molecule has 0 aromatic carbocycles. The van der Waals surface area contributed by atoms with E-state index in [1.54, 1.807) is 24.1 Å². The van der Waals surface area contributed by atoms with E-state index < -0.39 is 0 Å². The Morgan fingerprint density at radius 3 is 2.90 bits per heavy atom. The van der Waals surface area contributed by atoms with E-state index in [0.717, 1.165) is 0 Å². The molecule has 0 saturated carbocycles. The quantitative estimate of drug-likeness (QED) is 0.822. The minimum atomic E-state index is -0.283. The first-order chi connectivity index (χ1) is 9.65. The van der Waals surface area contributed by atoms with E-state index in [2.05, 4.69) is 10.1 Å². The van der Waals surface area contributed by atoms with E-state index in [1.165, 1.54) is 16.2 Å². The number of amides is 2. The highest BCUT2D eigenvalue weighted by molar-refractivity contribution is 7.13. The van der Waals surface area contributed by atoms with Crippen molar-refractivity contribution in [3.05, 3.63) is 29.1 Å². The molecular weight excluding hydrogens is 280 g/mol. The number of carbonyl (C=O) groups excluding carboxylic acids is 2. The van der Waals surface area contributed by atoms with E-state index in [-0.39, 0.29) is 24.1 Å². The SMILES string of the molecule is Cc1cc(C(=O)N2CCN(c3nccs3)C(=O)C2)no1. The number of piperazine rings is 1. The van der Waals surface area contributed by atoms with Gasteiger partial charge in [-0.3, -0.25) is 14.5 Å². The van der Waals surface area contributed by atoms with Crippen molar-refractivity contribution in [1.82, 2.24) is 15.0 Å². The van der Waals surface area contributed by atoms with Crippen LogP contribution in [0.5, 0.6) is 0 Å². The monoisotopic (exact) mass is 292 g/mol. The molecule has 0 atom stereocenters. The maximum absolute atomic E-state index is 12.2. The summed E-state index contributed by atoms with van der Waals surface area (Å²) >= 11 is 1.41.